The normalized spacial score (nSPS) is 27.4. The monoisotopic (exact) mass is 192 g/mol. The summed E-state index contributed by atoms with van der Waals surface area (Å²) >= 11 is 0. The molecule has 2 aliphatic carbocycles. The van der Waals surface area contributed by atoms with Crippen LogP contribution in [-0.4, -0.2) is 0 Å². The Morgan fingerprint density at radius 3 is 1.93 bits per heavy atom. The molecule has 0 aromatic carbocycles. The molecule has 0 N–H and O–H groups in total. The van der Waals surface area contributed by atoms with Crippen molar-refractivity contribution in [2.75, 3.05) is 0 Å². The highest BCUT2D eigenvalue weighted by molar-refractivity contribution is 5.04. The molecule has 0 heteroatoms. The van der Waals surface area contributed by atoms with Gasteiger partial charge >= 0.3 is 0 Å². The fourth-order valence-electron chi connectivity index (χ4n) is 3.25. The van der Waals surface area contributed by atoms with Crippen molar-refractivity contribution in [3.63, 3.8) is 0 Å². The molecule has 2 rings (SSSR count). The van der Waals surface area contributed by atoms with Gasteiger partial charge in [-0.3, -0.25) is 0 Å². The van der Waals surface area contributed by atoms with Crippen LogP contribution >= 0.6 is 0 Å². The maximum absolute atomic E-state index is 2.41. The minimum absolute atomic E-state index is 0.535. The van der Waals surface area contributed by atoms with Gasteiger partial charge in [0.1, 0.15) is 0 Å². The van der Waals surface area contributed by atoms with Crippen molar-refractivity contribution in [3.05, 3.63) is 12.2 Å². The van der Waals surface area contributed by atoms with Gasteiger partial charge in [-0.1, -0.05) is 32.9 Å². The molecule has 1 spiro atoms. The van der Waals surface area contributed by atoms with Crippen LogP contribution in [0.25, 0.3) is 0 Å². The van der Waals surface area contributed by atoms with E-state index in [1.54, 1.807) is 0 Å². The zero-order valence-corrected chi connectivity index (χ0v) is 9.97. The van der Waals surface area contributed by atoms with Crippen LogP contribution in [-0.2, 0) is 0 Å². The van der Waals surface area contributed by atoms with Crippen LogP contribution in [0.5, 0.6) is 0 Å². The summed E-state index contributed by atoms with van der Waals surface area (Å²) in [7, 11) is 0. The quantitative estimate of drug-likeness (QED) is 0.494. The topological polar surface area (TPSA) is 0 Å². The van der Waals surface area contributed by atoms with Gasteiger partial charge in [-0.15, -0.1) is 0 Å². The summed E-state index contributed by atoms with van der Waals surface area (Å²) in [4.78, 5) is 0. The van der Waals surface area contributed by atoms with Gasteiger partial charge in [0.2, 0.25) is 0 Å². The summed E-state index contributed by atoms with van der Waals surface area (Å²) in [6, 6.07) is 0. The molecule has 0 heterocycles. The number of hydrogen-bond acceptors (Lipinski definition) is 0. The molecule has 0 saturated heterocycles. The Hall–Kier alpha value is -0.260. The fourth-order valence-corrected chi connectivity index (χ4v) is 3.25. The third-order valence-electron chi connectivity index (χ3n) is 4.54. The molecule has 0 radical (unpaired) electrons. The SMILES string of the molecule is CC(C)(C)C1CCC2(CC=CC2)CC1. The molecular formula is C14H24. The van der Waals surface area contributed by atoms with Crippen molar-refractivity contribution < 1.29 is 0 Å². The third kappa shape index (κ3) is 1.89. The Bertz CT molecular complexity index is 211. The molecule has 0 unspecified atom stereocenters. The lowest BCUT2D eigenvalue weighted by Gasteiger charge is -2.42. The predicted molar refractivity (Wildman–Crippen MR) is 62.2 cm³/mol. The molecule has 0 aromatic heterocycles. The minimum atomic E-state index is 0.535. The van der Waals surface area contributed by atoms with Crippen molar-refractivity contribution in [2.24, 2.45) is 16.7 Å². The van der Waals surface area contributed by atoms with Gasteiger partial charge in [-0.2, -0.15) is 0 Å². The lowest BCUT2D eigenvalue weighted by atomic mass is 9.63. The van der Waals surface area contributed by atoms with Crippen LogP contribution in [0.1, 0.15) is 59.3 Å². The molecule has 0 amide bonds. The van der Waals surface area contributed by atoms with Crippen molar-refractivity contribution in [3.8, 4) is 0 Å². The van der Waals surface area contributed by atoms with E-state index in [1.165, 1.54) is 38.5 Å². The van der Waals surface area contributed by atoms with E-state index in [4.69, 9.17) is 0 Å². The van der Waals surface area contributed by atoms with Gasteiger partial charge in [-0.25, -0.2) is 0 Å². The molecule has 0 atom stereocenters. The van der Waals surface area contributed by atoms with Crippen LogP contribution in [0.15, 0.2) is 12.2 Å². The fraction of sp³-hybridized carbons (Fsp3) is 0.857. The maximum atomic E-state index is 2.41. The summed E-state index contributed by atoms with van der Waals surface area (Å²) in [5.41, 5.74) is 1.25. The molecule has 0 bridgehead atoms. The Kier molecular flexibility index (Phi) is 2.49. The highest BCUT2D eigenvalue weighted by Gasteiger charge is 2.38. The van der Waals surface area contributed by atoms with E-state index in [0.29, 0.717) is 10.8 Å². The smallest absolute Gasteiger partial charge is 0.0228 e. The van der Waals surface area contributed by atoms with Crippen molar-refractivity contribution in [1.29, 1.82) is 0 Å². The molecule has 1 saturated carbocycles. The maximum Gasteiger partial charge on any atom is -0.0228 e. The number of hydrogen-bond donors (Lipinski definition) is 0. The van der Waals surface area contributed by atoms with Gasteiger partial charge in [-0.05, 0) is 55.3 Å². The number of rotatable bonds is 0. The van der Waals surface area contributed by atoms with Crippen LogP contribution in [0, 0.1) is 16.7 Å². The summed E-state index contributed by atoms with van der Waals surface area (Å²) in [6.45, 7) is 7.22. The first kappa shape index (κ1) is 10.3. The van der Waals surface area contributed by atoms with Gasteiger partial charge in [0, 0.05) is 0 Å². The second kappa shape index (κ2) is 3.40. The Morgan fingerprint density at radius 2 is 1.50 bits per heavy atom. The largest absolute Gasteiger partial charge is 0.0880 e. The molecule has 1 fully saturated rings. The molecule has 14 heavy (non-hydrogen) atoms. The first-order chi connectivity index (χ1) is 6.52. The van der Waals surface area contributed by atoms with E-state index in [9.17, 15) is 0 Å². The lowest BCUT2D eigenvalue weighted by molar-refractivity contribution is 0.0958. The van der Waals surface area contributed by atoms with Gasteiger partial charge < -0.3 is 0 Å². The first-order valence-corrected chi connectivity index (χ1v) is 6.17. The minimum Gasteiger partial charge on any atom is -0.0880 e. The molecule has 0 aromatic rings. The Labute approximate surface area is 88.8 Å². The summed E-state index contributed by atoms with van der Waals surface area (Å²) in [5, 5.41) is 0. The van der Waals surface area contributed by atoms with Crippen LogP contribution in [0.2, 0.25) is 0 Å². The van der Waals surface area contributed by atoms with Gasteiger partial charge in [0.25, 0.3) is 0 Å². The third-order valence-corrected chi connectivity index (χ3v) is 4.54. The van der Waals surface area contributed by atoms with E-state index >= 15 is 0 Å². The van der Waals surface area contributed by atoms with E-state index in [1.807, 2.05) is 0 Å². The molecular weight excluding hydrogens is 168 g/mol. The van der Waals surface area contributed by atoms with E-state index in [2.05, 4.69) is 32.9 Å². The first-order valence-electron chi connectivity index (χ1n) is 6.17. The number of allylic oxidation sites excluding steroid dienone is 2. The Balaban J connectivity index is 1.92. The van der Waals surface area contributed by atoms with E-state index < -0.39 is 0 Å². The zero-order chi connectivity index (χ0) is 10.2. The molecule has 0 nitrogen and oxygen atoms in total. The summed E-state index contributed by atoms with van der Waals surface area (Å²) < 4.78 is 0. The molecule has 80 valence electrons. The summed E-state index contributed by atoms with van der Waals surface area (Å²) in [5.74, 6) is 0.966. The predicted octanol–water partition coefficient (Wildman–Crippen LogP) is 4.56. The van der Waals surface area contributed by atoms with Crippen LogP contribution in [0.4, 0.5) is 0 Å². The standard InChI is InChI=1S/C14H24/c1-13(2,3)12-6-10-14(11-7-12)8-4-5-9-14/h4-5,12H,6-11H2,1-3H3. The highest BCUT2D eigenvalue weighted by Crippen LogP contribution is 2.50. The zero-order valence-electron chi connectivity index (χ0n) is 9.97. The average molecular weight is 192 g/mol. The van der Waals surface area contributed by atoms with Gasteiger partial charge in [0.15, 0.2) is 0 Å². The molecule has 0 aliphatic heterocycles. The molecule has 2 aliphatic rings. The van der Waals surface area contributed by atoms with E-state index in [0.717, 1.165) is 5.92 Å². The second-order valence-electron chi connectivity index (χ2n) is 6.52. The average Bonchev–Trinajstić information content (AvgIpc) is 2.53. The second-order valence-corrected chi connectivity index (χ2v) is 6.52. The lowest BCUT2D eigenvalue weighted by Crippen LogP contribution is -2.31. The highest BCUT2D eigenvalue weighted by atomic mass is 14.4. The van der Waals surface area contributed by atoms with Crippen molar-refractivity contribution in [1.82, 2.24) is 0 Å². The van der Waals surface area contributed by atoms with Crippen LogP contribution in [0.3, 0.4) is 0 Å². The van der Waals surface area contributed by atoms with Crippen molar-refractivity contribution in [2.45, 2.75) is 59.3 Å². The van der Waals surface area contributed by atoms with Crippen molar-refractivity contribution >= 4 is 0 Å². The van der Waals surface area contributed by atoms with Crippen LogP contribution < -0.4 is 0 Å². The summed E-state index contributed by atoms with van der Waals surface area (Å²) in [6.07, 6.45) is 13.4. The Morgan fingerprint density at radius 1 is 1.00 bits per heavy atom. The van der Waals surface area contributed by atoms with E-state index in [-0.39, 0.29) is 0 Å². The van der Waals surface area contributed by atoms with Gasteiger partial charge in [0.05, 0.1) is 0 Å².